The van der Waals surface area contributed by atoms with E-state index >= 15 is 0 Å². The second-order valence-corrected chi connectivity index (χ2v) is 6.31. The highest BCUT2D eigenvalue weighted by Gasteiger charge is 2.00. The Morgan fingerprint density at radius 1 is 0.815 bits per heavy atom. The average molecular weight is 362 g/mol. The summed E-state index contributed by atoms with van der Waals surface area (Å²) in [5.41, 5.74) is 2.49. The molecule has 0 amide bonds. The monoisotopic (exact) mass is 362 g/mol. The first-order valence-electron chi connectivity index (χ1n) is 9.42. The standard InChI is InChI=1S/C23H26N2O2/c1-2-6-19-10-12-21(13-11-19)26-15-16-27-22-8-5-7-20(17-22)18-25-23-9-3-4-14-24-23/h3-5,7-14,17H,2,6,15-16,18H2,1H3,(H,24,25). The van der Waals surface area contributed by atoms with Gasteiger partial charge in [0, 0.05) is 12.7 Å². The lowest BCUT2D eigenvalue weighted by molar-refractivity contribution is 0.217. The zero-order chi connectivity index (χ0) is 18.7. The van der Waals surface area contributed by atoms with E-state index in [4.69, 9.17) is 9.47 Å². The number of hydrogen-bond acceptors (Lipinski definition) is 4. The van der Waals surface area contributed by atoms with E-state index < -0.39 is 0 Å². The van der Waals surface area contributed by atoms with Crippen molar-refractivity contribution in [1.29, 1.82) is 0 Å². The molecule has 1 aromatic heterocycles. The first-order chi connectivity index (χ1) is 13.3. The van der Waals surface area contributed by atoms with Crippen LogP contribution in [0.1, 0.15) is 24.5 Å². The summed E-state index contributed by atoms with van der Waals surface area (Å²) in [5, 5.41) is 3.30. The van der Waals surface area contributed by atoms with Crippen LogP contribution < -0.4 is 14.8 Å². The SMILES string of the molecule is CCCc1ccc(OCCOc2cccc(CNc3ccccn3)c2)cc1. The lowest BCUT2D eigenvalue weighted by Gasteiger charge is -2.10. The van der Waals surface area contributed by atoms with Gasteiger partial charge in [0.05, 0.1) is 0 Å². The number of nitrogens with zero attached hydrogens (tertiary/aromatic N) is 1. The molecule has 4 nitrogen and oxygen atoms in total. The Hall–Kier alpha value is -3.01. The predicted octanol–water partition coefficient (Wildman–Crippen LogP) is 5.10. The topological polar surface area (TPSA) is 43.4 Å². The van der Waals surface area contributed by atoms with Gasteiger partial charge in [-0.25, -0.2) is 4.98 Å². The van der Waals surface area contributed by atoms with Gasteiger partial charge in [0.2, 0.25) is 0 Å². The minimum absolute atomic E-state index is 0.508. The van der Waals surface area contributed by atoms with E-state index in [0.717, 1.165) is 35.7 Å². The Kier molecular flexibility index (Phi) is 7.10. The molecule has 0 bridgehead atoms. The number of anilines is 1. The number of ether oxygens (including phenoxy) is 2. The summed E-state index contributed by atoms with van der Waals surface area (Å²) in [4.78, 5) is 4.26. The first-order valence-corrected chi connectivity index (χ1v) is 9.42. The van der Waals surface area contributed by atoms with Crippen LogP contribution in [0.4, 0.5) is 5.82 Å². The number of hydrogen-bond donors (Lipinski definition) is 1. The van der Waals surface area contributed by atoms with Crippen LogP contribution in [0.25, 0.3) is 0 Å². The third kappa shape index (κ3) is 6.33. The molecule has 0 atom stereocenters. The van der Waals surface area contributed by atoms with Crippen molar-refractivity contribution in [3.8, 4) is 11.5 Å². The summed E-state index contributed by atoms with van der Waals surface area (Å²) in [6.07, 6.45) is 4.04. The molecule has 0 unspecified atom stereocenters. The molecule has 0 aliphatic heterocycles. The summed E-state index contributed by atoms with van der Waals surface area (Å²) in [6, 6.07) is 22.2. The van der Waals surface area contributed by atoms with Crippen LogP contribution in [0.2, 0.25) is 0 Å². The summed E-state index contributed by atoms with van der Waals surface area (Å²) in [5.74, 6) is 2.59. The number of pyridine rings is 1. The molecule has 0 radical (unpaired) electrons. The van der Waals surface area contributed by atoms with E-state index in [9.17, 15) is 0 Å². The maximum absolute atomic E-state index is 5.81. The Labute approximate surface area is 161 Å². The Morgan fingerprint density at radius 2 is 1.63 bits per heavy atom. The van der Waals surface area contributed by atoms with Crippen molar-refractivity contribution in [2.24, 2.45) is 0 Å². The number of rotatable bonds is 10. The molecule has 140 valence electrons. The molecule has 3 rings (SSSR count). The van der Waals surface area contributed by atoms with Gasteiger partial charge < -0.3 is 14.8 Å². The normalized spacial score (nSPS) is 10.4. The molecule has 4 heteroatoms. The zero-order valence-electron chi connectivity index (χ0n) is 15.7. The fourth-order valence-corrected chi connectivity index (χ4v) is 2.77. The Balaban J connectivity index is 1.41. The summed E-state index contributed by atoms with van der Waals surface area (Å²) in [6.45, 7) is 3.91. The molecule has 1 N–H and O–H groups in total. The van der Waals surface area contributed by atoms with Crippen molar-refractivity contribution in [2.75, 3.05) is 18.5 Å². The van der Waals surface area contributed by atoms with Gasteiger partial charge in [-0.05, 0) is 53.9 Å². The zero-order valence-corrected chi connectivity index (χ0v) is 15.7. The molecular weight excluding hydrogens is 336 g/mol. The first kappa shape index (κ1) is 18.8. The summed E-state index contributed by atoms with van der Waals surface area (Å²) < 4.78 is 11.6. The molecule has 0 fully saturated rings. The molecule has 27 heavy (non-hydrogen) atoms. The molecule has 3 aromatic rings. The smallest absolute Gasteiger partial charge is 0.126 e. The third-order valence-electron chi connectivity index (χ3n) is 4.12. The highest BCUT2D eigenvalue weighted by atomic mass is 16.5. The minimum Gasteiger partial charge on any atom is -0.490 e. The van der Waals surface area contributed by atoms with Gasteiger partial charge in [-0.2, -0.15) is 0 Å². The van der Waals surface area contributed by atoms with E-state index in [1.807, 2.05) is 48.5 Å². The average Bonchev–Trinajstić information content (AvgIpc) is 2.72. The van der Waals surface area contributed by atoms with Gasteiger partial charge in [-0.15, -0.1) is 0 Å². The molecule has 2 aromatic carbocycles. The van der Waals surface area contributed by atoms with E-state index in [1.165, 1.54) is 5.56 Å². The Bertz CT molecular complexity index is 804. The number of benzene rings is 2. The molecule has 0 saturated heterocycles. The quantitative estimate of drug-likeness (QED) is 0.509. The van der Waals surface area contributed by atoms with Gasteiger partial charge in [0.1, 0.15) is 30.5 Å². The molecule has 0 spiro atoms. The molecule has 0 aliphatic carbocycles. The number of aromatic nitrogens is 1. The fourth-order valence-electron chi connectivity index (χ4n) is 2.77. The second kappa shape index (κ2) is 10.2. The van der Waals surface area contributed by atoms with E-state index in [1.54, 1.807) is 6.20 Å². The Morgan fingerprint density at radius 3 is 2.37 bits per heavy atom. The van der Waals surface area contributed by atoms with Crippen LogP contribution in [-0.2, 0) is 13.0 Å². The van der Waals surface area contributed by atoms with Crippen LogP contribution in [0.15, 0.2) is 72.9 Å². The lowest BCUT2D eigenvalue weighted by atomic mass is 10.1. The highest BCUT2D eigenvalue weighted by molar-refractivity contribution is 5.36. The second-order valence-electron chi connectivity index (χ2n) is 6.31. The van der Waals surface area contributed by atoms with Crippen LogP contribution in [0, 0.1) is 0 Å². The van der Waals surface area contributed by atoms with E-state index in [2.05, 4.69) is 35.4 Å². The van der Waals surface area contributed by atoms with Crippen molar-refractivity contribution in [2.45, 2.75) is 26.3 Å². The van der Waals surface area contributed by atoms with E-state index in [-0.39, 0.29) is 0 Å². The molecular formula is C23H26N2O2. The maximum atomic E-state index is 5.81. The van der Waals surface area contributed by atoms with Crippen LogP contribution in [0.3, 0.4) is 0 Å². The lowest BCUT2D eigenvalue weighted by Crippen LogP contribution is -2.09. The van der Waals surface area contributed by atoms with Crippen molar-refractivity contribution >= 4 is 5.82 Å². The largest absolute Gasteiger partial charge is 0.490 e. The minimum atomic E-state index is 0.508. The molecule has 0 saturated carbocycles. The van der Waals surface area contributed by atoms with Crippen molar-refractivity contribution in [1.82, 2.24) is 4.98 Å². The summed E-state index contributed by atoms with van der Waals surface area (Å²) in [7, 11) is 0. The molecule has 0 aliphatic rings. The van der Waals surface area contributed by atoms with Gasteiger partial charge >= 0.3 is 0 Å². The van der Waals surface area contributed by atoms with Crippen LogP contribution in [0.5, 0.6) is 11.5 Å². The van der Waals surface area contributed by atoms with E-state index in [0.29, 0.717) is 19.8 Å². The predicted molar refractivity (Wildman–Crippen MR) is 109 cm³/mol. The van der Waals surface area contributed by atoms with Gasteiger partial charge in [-0.1, -0.05) is 43.7 Å². The van der Waals surface area contributed by atoms with Gasteiger partial charge in [0.15, 0.2) is 0 Å². The van der Waals surface area contributed by atoms with Gasteiger partial charge in [0.25, 0.3) is 0 Å². The van der Waals surface area contributed by atoms with Crippen LogP contribution in [-0.4, -0.2) is 18.2 Å². The molecule has 1 heterocycles. The van der Waals surface area contributed by atoms with Gasteiger partial charge in [-0.3, -0.25) is 0 Å². The number of aryl methyl sites for hydroxylation is 1. The summed E-state index contributed by atoms with van der Waals surface area (Å²) >= 11 is 0. The van der Waals surface area contributed by atoms with Crippen molar-refractivity contribution in [3.05, 3.63) is 84.1 Å². The van der Waals surface area contributed by atoms with Crippen molar-refractivity contribution < 1.29 is 9.47 Å². The van der Waals surface area contributed by atoms with Crippen molar-refractivity contribution in [3.63, 3.8) is 0 Å². The highest BCUT2D eigenvalue weighted by Crippen LogP contribution is 2.16. The third-order valence-corrected chi connectivity index (χ3v) is 4.12. The number of nitrogens with one attached hydrogen (secondary N) is 1. The fraction of sp³-hybridized carbons (Fsp3) is 0.261. The maximum Gasteiger partial charge on any atom is 0.126 e. The van der Waals surface area contributed by atoms with Crippen LogP contribution >= 0.6 is 0 Å².